The summed E-state index contributed by atoms with van der Waals surface area (Å²) in [5.41, 5.74) is 0. The van der Waals surface area contributed by atoms with Crippen molar-refractivity contribution in [3.05, 3.63) is 0 Å². The van der Waals surface area contributed by atoms with Crippen LogP contribution in [0.1, 0.15) is 155 Å². The zero-order valence-electron chi connectivity index (χ0n) is 28.2. The van der Waals surface area contributed by atoms with Crippen molar-refractivity contribution in [2.24, 2.45) is 0 Å². The number of carbonyl (C=O) groups is 1. The summed E-state index contributed by atoms with van der Waals surface area (Å²) < 4.78 is 22.6. The molecule has 262 valence electrons. The second kappa shape index (κ2) is 28.4. The second-order valence-corrected chi connectivity index (χ2v) is 12.7. The molecule has 9 nitrogen and oxygen atoms in total. The Labute approximate surface area is 268 Å². The van der Waals surface area contributed by atoms with Crippen LogP contribution in [0.25, 0.3) is 0 Å². The molecule has 1 saturated heterocycles. The lowest BCUT2D eigenvalue weighted by Crippen LogP contribution is -2.59. The Kier molecular flexibility index (Phi) is 26.6. The van der Waals surface area contributed by atoms with Gasteiger partial charge in [0.25, 0.3) is 0 Å². The fourth-order valence-electron chi connectivity index (χ4n) is 5.61. The smallest absolute Gasteiger partial charge is 0.306 e. The lowest BCUT2D eigenvalue weighted by atomic mass is 9.99. The van der Waals surface area contributed by atoms with Crippen molar-refractivity contribution in [2.45, 2.75) is 192 Å². The average Bonchev–Trinajstić information content (AvgIpc) is 3.02. The first-order chi connectivity index (χ1) is 21.4. The molecule has 9 heteroatoms. The number of hydrogen-bond acceptors (Lipinski definition) is 9. The lowest BCUT2D eigenvalue weighted by Gasteiger charge is -2.39. The molecule has 0 bridgehead atoms. The molecule has 0 saturated carbocycles. The van der Waals surface area contributed by atoms with Crippen LogP contribution < -0.4 is 0 Å². The van der Waals surface area contributed by atoms with Crippen LogP contribution in [-0.4, -0.2) is 89.6 Å². The fraction of sp³-hybridized carbons (Fsp3) is 0.971. The maximum Gasteiger partial charge on any atom is 0.306 e. The number of hydrogen-bond donors (Lipinski definition) is 4. The number of aliphatic hydroxyl groups excluding tert-OH is 4. The Balaban J connectivity index is 2.35. The van der Waals surface area contributed by atoms with Gasteiger partial charge in [0.1, 0.15) is 30.5 Å². The summed E-state index contributed by atoms with van der Waals surface area (Å²) in [7, 11) is 0. The average molecular weight is 633 g/mol. The van der Waals surface area contributed by atoms with E-state index in [1.54, 1.807) is 0 Å². The molecule has 6 unspecified atom stereocenters. The van der Waals surface area contributed by atoms with E-state index in [4.69, 9.17) is 18.9 Å². The predicted octanol–water partition coefficient (Wildman–Crippen LogP) is 6.35. The monoisotopic (exact) mass is 632 g/mol. The summed E-state index contributed by atoms with van der Waals surface area (Å²) in [5, 5.41) is 39.8. The van der Waals surface area contributed by atoms with Gasteiger partial charge in [0, 0.05) is 13.0 Å². The van der Waals surface area contributed by atoms with Gasteiger partial charge in [-0.25, -0.2) is 0 Å². The normalized spacial score (nSPS) is 22.7. The summed E-state index contributed by atoms with van der Waals surface area (Å²) in [5.74, 6) is -0.315. The molecule has 0 spiro atoms. The van der Waals surface area contributed by atoms with Crippen molar-refractivity contribution >= 4 is 5.97 Å². The van der Waals surface area contributed by atoms with Crippen molar-refractivity contribution in [1.82, 2.24) is 0 Å². The molecule has 0 aromatic carbocycles. The number of esters is 1. The Morgan fingerprint density at radius 2 is 1.11 bits per heavy atom. The van der Waals surface area contributed by atoms with Crippen LogP contribution in [0.3, 0.4) is 0 Å². The largest absolute Gasteiger partial charge is 0.457 e. The van der Waals surface area contributed by atoms with Crippen molar-refractivity contribution in [3.8, 4) is 0 Å². The molecule has 44 heavy (non-hydrogen) atoms. The molecule has 0 amide bonds. The van der Waals surface area contributed by atoms with Gasteiger partial charge >= 0.3 is 5.97 Å². The highest BCUT2D eigenvalue weighted by Gasteiger charge is 2.44. The summed E-state index contributed by atoms with van der Waals surface area (Å²) in [4.78, 5) is 12.6. The Hall–Kier alpha value is -0.810. The summed E-state index contributed by atoms with van der Waals surface area (Å²) in [6.45, 7) is 4.54. The van der Waals surface area contributed by atoms with Crippen LogP contribution in [-0.2, 0) is 23.7 Å². The Morgan fingerprint density at radius 1 is 0.636 bits per heavy atom. The van der Waals surface area contributed by atoms with E-state index in [0.717, 1.165) is 32.1 Å². The van der Waals surface area contributed by atoms with E-state index >= 15 is 0 Å². The minimum absolute atomic E-state index is 0.106. The molecular formula is C35H68O9. The maximum absolute atomic E-state index is 12.6. The van der Waals surface area contributed by atoms with Gasteiger partial charge in [-0.05, 0) is 12.8 Å². The van der Waals surface area contributed by atoms with Gasteiger partial charge < -0.3 is 39.4 Å². The summed E-state index contributed by atoms with van der Waals surface area (Å²) >= 11 is 0. The van der Waals surface area contributed by atoms with Gasteiger partial charge in [0.05, 0.1) is 19.8 Å². The van der Waals surface area contributed by atoms with E-state index in [1.807, 2.05) is 0 Å². The third-order valence-corrected chi connectivity index (χ3v) is 8.52. The van der Waals surface area contributed by atoms with Crippen LogP contribution in [0, 0.1) is 0 Å². The zero-order chi connectivity index (χ0) is 32.3. The number of ether oxygens (including phenoxy) is 4. The number of rotatable bonds is 30. The molecule has 1 fully saturated rings. The van der Waals surface area contributed by atoms with Crippen LogP contribution >= 0.6 is 0 Å². The van der Waals surface area contributed by atoms with E-state index < -0.39 is 43.4 Å². The molecular weight excluding hydrogens is 564 g/mol. The van der Waals surface area contributed by atoms with Gasteiger partial charge in [-0.1, -0.05) is 136 Å². The van der Waals surface area contributed by atoms with Crippen LogP contribution in [0.4, 0.5) is 0 Å². The molecule has 1 aliphatic rings. The Bertz CT molecular complexity index is 648. The van der Waals surface area contributed by atoms with Crippen molar-refractivity contribution in [2.75, 3.05) is 26.4 Å². The minimum Gasteiger partial charge on any atom is -0.457 e. The van der Waals surface area contributed by atoms with Crippen LogP contribution in [0.15, 0.2) is 0 Å². The van der Waals surface area contributed by atoms with E-state index in [0.29, 0.717) is 13.0 Å². The first-order valence-electron chi connectivity index (χ1n) is 18.1. The van der Waals surface area contributed by atoms with Crippen molar-refractivity contribution in [1.29, 1.82) is 0 Å². The number of carbonyl (C=O) groups excluding carboxylic acids is 1. The van der Waals surface area contributed by atoms with Crippen LogP contribution in [0.2, 0.25) is 0 Å². The third kappa shape index (κ3) is 20.3. The fourth-order valence-corrected chi connectivity index (χ4v) is 5.61. The molecule has 1 rings (SSSR count). The molecule has 1 heterocycles. The highest BCUT2D eigenvalue weighted by Crippen LogP contribution is 2.22. The molecule has 1 aliphatic heterocycles. The molecule has 4 N–H and O–H groups in total. The number of unbranched alkanes of at least 4 members (excludes halogenated alkanes) is 19. The van der Waals surface area contributed by atoms with Gasteiger partial charge in [-0.3, -0.25) is 4.79 Å². The van der Waals surface area contributed by atoms with E-state index in [9.17, 15) is 25.2 Å². The first-order valence-corrected chi connectivity index (χ1v) is 18.1. The first kappa shape index (κ1) is 41.2. The molecule has 0 aromatic heterocycles. The second-order valence-electron chi connectivity index (χ2n) is 12.7. The van der Waals surface area contributed by atoms with Crippen molar-refractivity contribution in [3.63, 3.8) is 0 Å². The highest BCUT2D eigenvalue weighted by molar-refractivity contribution is 5.69. The van der Waals surface area contributed by atoms with Gasteiger partial charge in [-0.15, -0.1) is 0 Å². The van der Waals surface area contributed by atoms with E-state index in [2.05, 4.69) is 13.8 Å². The molecule has 0 aromatic rings. The standard InChI is InChI=1S/C35H68O9/c1-3-5-7-9-11-13-15-17-19-21-23-25-41-27-29(28-42-35-34(40)33(39)32(38)30(26-36)44-35)43-31(37)24-22-20-18-16-14-12-10-8-6-4-2/h29-30,32-36,38-40H,3-28H2,1-2H3. The summed E-state index contributed by atoms with van der Waals surface area (Å²) in [6.07, 6.45) is 18.4. The van der Waals surface area contributed by atoms with Crippen LogP contribution in [0.5, 0.6) is 0 Å². The Morgan fingerprint density at radius 3 is 1.61 bits per heavy atom. The number of aliphatic hydroxyl groups is 4. The molecule has 6 atom stereocenters. The highest BCUT2D eigenvalue weighted by atomic mass is 16.7. The van der Waals surface area contributed by atoms with Gasteiger partial charge in [-0.2, -0.15) is 0 Å². The summed E-state index contributed by atoms with van der Waals surface area (Å²) in [6, 6.07) is 0. The van der Waals surface area contributed by atoms with E-state index in [1.165, 1.54) is 103 Å². The predicted molar refractivity (Wildman–Crippen MR) is 173 cm³/mol. The molecule has 0 aliphatic carbocycles. The maximum atomic E-state index is 12.6. The van der Waals surface area contributed by atoms with Gasteiger partial charge in [0.2, 0.25) is 0 Å². The third-order valence-electron chi connectivity index (χ3n) is 8.52. The quantitative estimate of drug-likeness (QED) is 0.0527. The molecule has 0 radical (unpaired) electrons. The van der Waals surface area contributed by atoms with Crippen molar-refractivity contribution < 1.29 is 44.2 Å². The van der Waals surface area contributed by atoms with E-state index in [-0.39, 0.29) is 19.2 Å². The SMILES string of the molecule is CCCCCCCCCCCCCOCC(COC1OC(CO)C(O)C(O)C1O)OC(=O)CCCCCCCCCCCC. The zero-order valence-corrected chi connectivity index (χ0v) is 28.2. The minimum atomic E-state index is -1.53. The van der Waals surface area contributed by atoms with Gasteiger partial charge in [0.15, 0.2) is 6.29 Å². The lowest BCUT2D eigenvalue weighted by molar-refractivity contribution is -0.305. The topological polar surface area (TPSA) is 135 Å².